The molecule has 0 unspecified atom stereocenters. The van der Waals surface area contributed by atoms with Crippen LogP contribution in [0.1, 0.15) is 34.4 Å². The van der Waals surface area contributed by atoms with Crippen LogP contribution in [0.25, 0.3) is 0 Å². The predicted molar refractivity (Wildman–Crippen MR) is 108 cm³/mol. The molecule has 0 spiro atoms. The zero-order valence-electron chi connectivity index (χ0n) is 16.8. The summed E-state index contributed by atoms with van der Waals surface area (Å²) in [5.41, 5.74) is 5.95. The monoisotopic (exact) mass is 380 g/mol. The number of rotatable bonds is 4. The Morgan fingerprint density at radius 3 is 2.75 bits per heavy atom. The second-order valence-corrected chi connectivity index (χ2v) is 7.73. The van der Waals surface area contributed by atoms with Crippen LogP contribution >= 0.6 is 0 Å². The fourth-order valence-electron chi connectivity index (χ4n) is 3.79. The van der Waals surface area contributed by atoms with Gasteiger partial charge in [0.05, 0.1) is 25.5 Å². The van der Waals surface area contributed by atoms with Gasteiger partial charge in [0.25, 0.3) is 0 Å². The molecule has 2 aliphatic rings. The van der Waals surface area contributed by atoms with Gasteiger partial charge < -0.3 is 14.5 Å². The highest BCUT2D eigenvalue weighted by atomic mass is 16.5. The molecule has 0 bridgehead atoms. The summed E-state index contributed by atoms with van der Waals surface area (Å²) in [4.78, 5) is 26.2. The number of anilines is 1. The number of fused-ring (bicyclic) bond motifs is 1. The van der Waals surface area contributed by atoms with E-state index in [9.17, 15) is 4.79 Å². The zero-order valence-corrected chi connectivity index (χ0v) is 16.8. The highest BCUT2D eigenvalue weighted by Gasteiger charge is 2.23. The molecule has 1 saturated heterocycles. The van der Waals surface area contributed by atoms with Crippen LogP contribution in [-0.2, 0) is 28.9 Å². The maximum Gasteiger partial charge on any atom is 0.225 e. The van der Waals surface area contributed by atoms with E-state index in [1.54, 1.807) is 0 Å². The minimum Gasteiger partial charge on any atom is -0.378 e. The number of amides is 1. The number of benzene rings is 1. The van der Waals surface area contributed by atoms with Gasteiger partial charge in [0.15, 0.2) is 0 Å². The Morgan fingerprint density at radius 1 is 1.14 bits per heavy atom. The Labute approximate surface area is 166 Å². The number of ether oxygens (including phenoxy) is 1. The summed E-state index contributed by atoms with van der Waals surface area (Å²) in [6.07, 6.45) is 4.09. The lowest BCUT2D eigenvalue weighted by Gasteiger charge is -2.30. The van der Waals surface area contributed by atoms with Gasteiger partial charge in [0.1, 0.15) is 0 Å². The largest absolute Gasteiger partial charge is 0.378 e. The SMILES string of the molecule is Cc1ccc(CCC(=O)N2CCc3cnc(N4CCOCC4)nc3C2)cc1C. The number of hydrogen-bond acceptors (Lipinski definition) is 5. The average Bonchev–Trinajstić information content (AvgIpc) is 2.74. The van der Waals surface area contributed by atoms with Crippen molar-refractivity contribution in [1.29, 1.82) is 0 Å². The molecule has 1 amide bonds. The van der Waals surface area contributed by atoms with Crippen LogP contribution in [0.5, 0.6) is 0 Å². The minimum atomic E-state index is 0.204. The van der Waals surface area contributed by atoms with E-state index < -0.39 is 0 Å². The molecule has 28 heavy (non-hydrogen) atoms. The van der Waals surface area contributed by atoms with Crippen molar-refractivity contribution in [1.82, 2.24) is 14.9 Å². The Balaban J connectivity index is 1.39. The number of aromatic nitrogens is 2. The fraction of sp³-hybridized carbons (Fsp3) is 0.500. The van der Waals surface area contributed by atoms with Crippen molar-refractivity contribution >= 4 is 11.9 Å². The van der Waals surface area contributed by atoms with E-state index in [2.05, 4.69) is 41.9 Å². The number of carbonyl (C=O) groups excluding carboxylic acids is 1. The first-order chi connectivity index (χ1) is 13.6. The zero-order chi connectivity index (χ0) is 19.5. The fourth-order valence-corrected chi connectivity index (χ4v) is 3.79. The van der Waals surface area contributed by atoms with E-state index in [-0.39, 0.29) is 5.91 Å². The molecule has 1 aromatic heterocycles. The van der Waals surface area contributed by atoms with Crippen molar-refractivity contribution in [2.24, 2.45) is 0 Å². The second-order valence-electron chi connectivity index (χ2n) is 7.73. The van der Waals surface area contributed by atoms with Crippen LogP contribution < -0.4 is 4.90 Å². The number of nitrogens with zero attached hydrogens (tertiary/aromatic N) is 4. The van der Waals surface area contributed by atoms with Crippen LogP contribution in [0.15, 0.2) is 24.4 Å². The van der Waals surface area contributed by atoms with E-state index in [1.165, 1.54) is 16.7 Å². The first-order valence-corrected chi connectivity index (χ1v) is 10.1. The molecule has 0 saturated carbocycles. The summed E-state index contributed by atoms with van der Waals surface area (Å²) in [6.45, 7) is 8.62. The molecule has 1 fully saturated rings. The first-order valence-electron chi connectivity index (χ1n) is 10.1. The van der Waals surface area contributed by atoms with E-state index in [1.807, 2.05) is 11.1 Å². The Morgan fingerprint density at radius 2 is 1.96 bits per heavy atom. The molecule has 0 aliphatic carbocycles. The van der Waals surface area contributed by atoms with Gasteiger partial charge >= 0.3 is 0 Å². The summed E-state index contributed by atoms with van der Waals surface area (Å²) in [5, 5.41) is 0. The highest BCUT2D eigenvalue weighted by molar-refractivity contribution is 5.76. The number of morpholine rings is 1. The third kappa shape index (κ3) is 4.17. The third-order valence-electron chi connectivity index (χ3n) is 5.78. The summed E-state index contributed by atoms with van der Waals surface area (Å²) < 4.78 is 5.41. The van der Waals surface area contributed by atoms with Crippen LogP contribution in [0.4, 0.5) is 5.95 Å². The van der Waals surface area contributed by atoms with Gasteiger partial charge in [-0.2, -0.15) is 0 Å². The summed E-state index contributed by atoms with van der Waals surface area (Å²) in [7, 11) is 0. The quantitative estimate of drug-likeness (QED) is 0.815. The molecule has 1 aromatic carbocycles. The second kappa shape index (κ2) is 8.27. The molecule has 0 N–H and O–H groups in total. The van der Waals surface area contributed by atoms with Crippen molar-refractivity contribution in [3.8, 4) is 0 Å². The summed E-state index contributed by atoms with van der Waals surface area (Å²) in [6, 6.07) is 6.45. The lowest BCUT2D eigenvalue weighted by Crippen LogP contribution is -2.39. The normalized spacial score (nSPS) is 16.8. The molecular formula is C22H28N4O2. The molecule has 6 heteroatoms. The lowest BCUT2D eigenvalue weighted by atomic mass is 10.0. The number of carbonyl (C=O) groups is 1. The smallest absolute Gasteiger partial charge is 0.225 e. The maximum atomic E-state index is 12.8. The van der Waals surface area contributed by atoms with Crippen LogP contribution in [0, 0.1) is 13.8 Å². The van der Waals surface area contributed by atoms with Gasteiger partial charge in [-0.05, 0) is 48.9 Å². The van der Waals surface area contributed by atoms with Crippen molar-refractivity contribution in [3.05, 3.63) is 52.3 Å². The summed E-state index contributed by atoms with van der Waals surface area (Å²) in [5.74, 6) is 0.960. The molecular weight excluding hydrogens is 352 g/mol. The highest BCUT2D eigenvalue weighted by Crippen LogP contribution is 2.21. The van der Waals surface area contributed by atoms with Crippen LogP contribution in [0.3, 0.4) is 0 Å². The van der Waals surface area contributed by atoms with Gasteiger partial charge in [-0.25, -0.2) is 9.97 Å². The molecule has 0 atom stereocenters. The molecule has 148 valence electrons. The lowest BCUT2D eigenvalue weighted by molar-refractivity contribution is -0.132. The maximum absolute atomic E-state index is 12.8. The molecule has 4 rings (SSSR count). The van der Waals surface area contributed by atoms with E-state index in [0.29, 0.717) is 26.2 Å². The topological polar surface area (TPSA) is 58.6 Å². The predicted octanol–water partition coefficient (Wildman–Crippen LogP) is 2.45. The molecule has 0 radical (unpaired) electrons. The molecule has 6 nitrogen and oxygen atoms in total. The van der Waals surface area contributed by atoms with Gasteiger partial charge in [0.2, 0.25) is 11.9 Å². The number of aryl methyl sites for hydroxylation is 3. The first kappa shape index (κ1) is 18.9. The molecule has 3 heterocycles. The van der Waals surface area contributed by atoms with Gasteiger partial charge in [-0.15, -0.1) is 0 Å². The third-order valence-corrected chi connectivity index (χ3v) is 5.78. The standard InChI is InChI=1S/C22H28N4O2/c1-16-3-4-18(13-17(16)2)5-6-21(27)26-8-7-19-14-23-22(24-20(19)15-26)25-9-11-28-12-10-25/h3-4,13-14H,5-12,15H2,1-2H3. The van der Waals surface area contributed by atoms with Gasteiger partial charge in [0, 0.05) is 32.3 Å². The summed E-state index contributed by atoms with van der Waals surface area (Å²) >= 11 is 0. The number of hydrogen-bond donors (Lipinski definition) is 0. The molecule has 2 aliphatic heterocycles. The molecule has 2 aromatic rings. The van der Waals surface area contributed by atoms with Crippen LogP contribution in [-0.4, -0.2) is 53.6 Å². The van der Waals surface area contributed by atoms with Gasteiger partial charge in [-0.3, -0.25) is 4.79 Å². The van der Waals surface area contributed by atoms with Crippen molar-refractivity contribution < 1.29 is 9.53 Å². The van der Waals surface area contributed by atoms with Crippen LogP contribution in [0.2, 0.25) is 0 Å². The van der Waals surface area contributed by atoms with E-state index in [4.69, 9.17) is 9.72 Å². The Bertz CT molecular complexity index is 862. The Hall–Kier alpha value is -2.47. The minimum absolute atomic E-state index is 0.204. The average molecular weight is 380 g/mol. The van der Waals surface area contributed by atoms with Crippen molar-refractivity contribution in [3.63, 3.8) is 0 Å². The Kier molecular flexibility index (Phi) is 5.57. The van der Waals surface area contributed by atoms with E-state index >= 15 is 0 Å². The van der Waals surface area contributed by atoms with E-state index in [0.717, 1.165) is 49.7 Å². The van der Waals surface area contributed by atoms with Gasteiger partial charge in [-0.1, -0.05) is 18.2 Å². The van der Waals surface area contributed by atoms with Crippen molar-refractivity contribution in [2.45, 2.75) is 39.7 Å². The van der Waals surface area contributed by atoms with Crippen molar-refractivity contribution in [2.75, 3.05) is 37.7 Å².